The lowest BCUT2D eigenvalue weighted by Crippen LogP contribution is -2.36. The Morgan fingerprint density at radius 1 is 1.06 bits per heavy atom. The first-order valence-electron chi connectivity index (χ1n) is 10.4. The van der Waals surface area contributed by atoms with Crippen LogP contribution < -0.4 is 10.0 Å². The number of rotatable bonds is 8. The van der Waals surface area contributed by atoms with Gasteiger partial charge in [0.05, 0.1) is 16.6 Å². The Kier molecular flexibility index (Phi) is 7.15. The van der Waals surface area contributed by atoms with Crippen LogP contribution in [0.15, 0.2) is 70.9 Å². The number of anilines is 1. The molecular formula is C23H24ClN3O3S2. The van der Waals surface area contributed by atoms with Crippen LogP contribution in [-0.4, -0.2) is 38.9 Å². The van der Waals surface area contributed by atoms with Gasteiger partial charge < -0.3 is 5.32 Å². The molecule has 1 unspecified atom stereocenters. The van der Waals surface area contributed by atoms with Gasteiger partial charge in [0, 0.05) is 22.0 Å². The molecule has 1 atom stereocenters. The molecule has 1 fully saturated rings. The van der Waals surface area contributed by atoms with E-state index in [2.05, 4.69) is 21.0 Å². The van der Waals surface area contributed by atoms with Crippen molar-refractivity contribution < 1.29 is 13.2 Å². The van der Waals surface area contributed by atoms with Crippen molar-refractivity contribution in [1.82, 2.24) is 10.2 Å². The van der Waals surface area contributed by atoms with Gasteiger partial charge in [-0.15, -0.1) is 11.3 Å². The number of carbonyl (C=O) groups excluding carboxylic acids is 1. The quantitative estimate of drug-likeness (QED) is 0.477. The summed E-state index contributed by atoms with van der Waals surface area (Å²) in [6, 6.07) is 16.7. The highest BCUT2D eigenvalue weighted by atomic mass is 35.5. The molecule has 9 heteroatoms. The molecule has 1 saturated heterocycles. The highest BCUT2D eigenvalue weighted by Crippen LogP contribution is 2.28. The van der Waals surface area contributed by atoms with Crippen molar-refractivity contribution in [3.8, 4) is 0 Å². The maximum Gasteiger partial charge on any atom is 0.261 e. The van der Waals surface area contributed by atoms with Crippen molar-refractivity contribution in [2.24, 2.45) is 0 Å². The summed E-state index contributed by atoms with van der Waals surface area (Å²) in [4.78, 5) is 16.5. The van der Waals surface area contributed by atoms with Gasteiger partial charge in [0.15, 0.2) is 0 Å². The van der Waals surface area contributed by atoms with E-state index in [1.54, 1.807) is 41.7 Å². The van der Waals surface area contributed by atoms with E-state index in [4.69, 9.17) is 11.6 Å². The van der Waals surface area contributed by atoms with Gasteiger partial charge in [-0.3, -0.25) is 14.4 Å². The minimum absolute atomic E-state index is 0.0134. The average molecular weight is 490 g/mol. The van der Waals surface area contributed by atoms with Crippen LogP contribution in [0.1, 0.15) is 34.1 Å². The molecule has 0 spiro atoms. The SMILES string of the molecule is O=C(NCC(c1cccs1)N1CCCC1)c1cccc(S(=O)(=O)Nc2cccc(Cl)c2)c1. The van der Waals surface area contributed by atoms with E-state index >= 15 is 0 Å². The zero-order valence-corrected chi connectivity index (χ0v) is 19.7. The van der Waals surface area contributed by atoms with Crippen LogP contribution in [0.2, 0.25) is 5.02 Å². The van der Waals surface area contributed by atoms with Gasteiger partial charge in [-0.2, -0.15) is 0 Å². The topological polar surface area (TPSA) is 78.5 Å². The molecule has 6 nitrogen and oxygen atoms in total. The molecule has 0 radical (unpaired) electrons. The molecule has 168 valence electrons. The first-order valence-corrected chi connectivity index (χ1v) is 13.1. The molecule has 0 bridgehead atoms. The molecule has 2 aromatic carbocycles. The Balaban J connectivity index is 1.47. The summed E-state index contributed by atoms with van der Waals surface area (Å²) in [7, 11) is -3.86. The highest BCUT2D eigenvalue weighted by molar-refractivity contribution is 7.92. The number of nitrogens with zero attached hydrogens (tertiary/aromatic N) is 1. The molecule has 0 aliphatic carbocycles. The Bertz CT molecular complexity index is 1180. The number of thiophene rings is 1. The zero-order chi connectivity index (χ0) is 22.6. The molecule has 0 saturated carbocycles. The van der Waals surface area contributed by atoms with E-state index in [-0.39, 0.29) is 16.8 Å². The fraction of sp³-hybridized carbons (Fsp3) is 0.261. The Morgan fingerprint density at radius 2 is 1.84 bits per heavy atom. The Hall–Kier alpha value is -2.39. The van der Waals surface area contributed by atoms with Gasteiger partial charge in [0.25, 0.3) is 15.9 Å². The monoisotopic (exact) mass is 489 g/mol. The van der Waals surface area contributed by atoms with Crippen molar-refractivity contribution in [2.45, 2.75) is 23.8 Å². The van der Waals surface area contributed by atoms with E-state index < -0.39 is 10.0 Å². The van der Waals surface area contributed by atoms with Crippen LogP contribution in [0.3, 0.4) is 0 Å². The zero-order valence-electron chi connectivity index (χ0n) is 17.3. The van der Waals surface area contributed by atoms with Crippen LogP contribution in [0.4, 0.5) is 5.69 Å². The van der Waals surface area contributed by atoms with Gasteiger partial charge in [0.1, 0.15) is 0 Å². The fourth-order valence-electron chi connectivity index (χ4n) is 3.81. The van der Waals surface area contributed by atoms with Crippen molar-refractivity contribution in [1.29, 1.82) is 0 Å². The first kappa shape index (κ1) is 22.8. The second kappa shape index (κ2) is 10.0. The van der Waals surface area contributed by atoms with E-state index in [0.717, 1.165) is 25.9 Å². The molecular weight excluding hydrogens is 466 g/mol. The van der Waals surface area contributed by atoms with Gasteiger partial charge in [-0.1, -0.05) is 29.8 Å². The van der Waals surface area contributed by atoms with Gasteiger partial charge >= 0.3 is 0 Å². The second-order valence-corrected chi connectivity index (χ2v) is 10.7. The number of hydrogen-bond donors (Lipinski definition) is 2. The minimum Gasteiger partial charge on any atom is -0.350 e. The third kappa shape index (κ3) is 5.50. The predicted molar refractivity (Wildman–Crippen MR) is 129 cm³/mol. The largest absolute Gasteiger partial charge is 0.350 e. The number of sulfonamides is 1. The van der Waals surface area contributed by atoms with E-state index in [1.165, 1.54) is 23.1 Å². The third-order valence-electron chi connectivity index (χ3n) is 5.39. The summed E-state index contributed by atoms with van der Waals surface area (Å²) in [5.41, 5.74) is 0.655. The normalized spacial score (nSPS) is 15.4. The van der Waals surface area contributed by atoms with Crippen LogP contribution >= 0.6 is 22.9 Å². The maximum atomic E-state index is 12.9. The third-order valence-corrected chi connectivity index (χ3v) is 7.98. The minimum atomic E-state index is -3.86. The van der Waals surface area contributed by atoms with Crippen LogP contribution in [0.5, 0.6) is 0 Å². The van der Waals surface area contributed by atoms with Crippen LogP contribution in [-0.2, 0) is 10.0 Å². The van der Waals surface area contributed by atoms with E-state index in [9.17, 15) is 13.2 Å². The molecule has 1 aromatic heterocycles. The van der Waals surface area contributed by atoms with E-state index in [0.29, 0.717) is 22.8 Å². The second-order valence-electron chi connectivity index (χ2n) is 7.63. The standard InChI is InChI=1S/C23H24ClN3O3S2/c24-18-7-4-8-19(15-18)26-32(29,30)20-9-3-6-17(14-20)23(28)25-16-21(22-10-5-13-31-22)27-11-1-2-12-27/h3-10,13-15,21,26H,1-2,11-12,16H2,(H,25,28). The molecule has 2 heterocycles. The van der Waals surface area contributed by atoms with Crippen molar-refractivity contribution in [3.63, 3.8) is 0 Å². The molecule has 32 heavy (non-hydrogen) atoms. The van der Waals surface area contributed by atoms with Crippen LogP contribution in [0.25, 0.3) is 0 Å². The lowest BCUT2D eigenvalue weighted by atomic mass is 10.2. The number of benzene rings is 2. The molecule has 1 aliphatic heterocycles. The summed E-state index contributed by atoms with van der Waals surface area (Å²) in [5.74, 6) is -0.300. The van der Waals surface area contributed by atoms with Gasteiger partial charge in [0.2, 0.25) is 0 Å². The Morgan fingerprint density at radius 3 is 2.56 bits per heavy atom. The van der Waals surface area contributed by atoms with E-state index in [1.807, 2.05) is 11.4 Å². The fourth-order valence-corrected chi connectivity index (χ4v) is 5.95. The number of carbonyl (C=O) groups is 1. The lowest BCUT2D eigenvalue weighted by molar-refractivity contribution is 0.0938. The Labute approximate surface area is 197 Å². The van der Waals surface area contributed by atoms with Gasteiger partial charge in [-0.05, 0) is 73.8 Å². The first-order chi connectivity index (χ1) is 15.4. The molecule has 2 N–H and O–H groups in total. The van der Waals surface area contributed by atoms with Crippen molar-refractivity contribution in [3.05, 3.63) is 81.5 Å². The maximum absolute atomic E-state index is 12.9. The lowest BCUT2D eigenvalue weighted by Gasteiger charge is -2.27. The smallest absolute Gasteiger partial charge is 0.261 e. The number of halogens is 1. The average Bonchev–Trinajstić information content (AvgIpc) is 3.49. The summed E-state index contributed by atoms with van der Waals surface area (Å²) >= 11 is 7.62. The van der Waals surface area contributed by atoms with Crippen molar-refractivity contribution in [2.75, 3.05) is 24.4 Å². The number of amides is 1. The van der Waals surface area contributed by atoms with Crippen molar-refractivity contribution >= 4 is 44.6 Å². The predicted octanol–water partition coefficient (Wildman–Crippen LogP) is 4.77. The summed E-state index contributed by atoms with van der Waals surface area (Å²) in [6.45, 7) is 2.50. The number of nitrogens with one attached hydrogen (secondary N) is 2. The number of likely N-dealkylation sites (tertiary alicyclic amines) is 1. The summed E-state index contributed by atoms with van der Waals surface area (Å²) in [6.07, 6.45) is 2.32. The molecule has 1 amide bonds. The molecule has 1 aliphatic rings. The number of hydrogen-bond acceptors (Lipinski definition) is 5. The van der Waals surface area contributed by atoms with Gasteiger partial charge in [-0.25, -0.2) is 8.42 Å². The van der Waals surface area contributed by atoms with Crippen LogP contribution in [0, 0.1) is 0 Å². The summed E-state index contributed by atoms with van der Waals surface area (Å²) in [5, 5.41) is 5.46. The molecule has 3 aromatic rings. The highest BCUT2D eigenvalue weighted by Gasteiger charge is 2.25. The summed E-state index contributed by atoms with van der Waals surface area (Å²) < 4.78 is 28.1. The molecule has 4 rings (SSSR count).